The van der Waals surface area contributed by atoms with E-state index in [9.17, 15) is 9.59 Å². The Morgan fingerprint density at radius 1 is 1.03 bits per heavy atom. The lowest BCUT2D eigenvalue weighted by Crippen LogP contribution is -2.33. The molecule has 0 fully saturated rings. The van der Waals surface area contributed by atoms with Gasteiger partial charge in [0, 0.05) is 34.7 Å². The second-order valence-electron chi connectivity index (χ2n) is 7.84. The maximum Gasteiger partial charge on any atom is 0.254 e. The fourth-order valence-electron chi connectivity index (χ4n) is 3.84. The van der Waals surface area contributed by atoms with Crippen LogP contribution in [0.4, 0.5) is 5.69 Å². The van der Waals surface area contributed by atoms with Crippen LogP contribution in [-0.2, 0) is 4.79 Å². The largest absolute Gasteiger partial charge is 0.324 e. The minimum Gasteiger partial charge on any atom is -0.324 e. The number of hydrogen-bond acceptors (Lipinski definition) is 7. The quantitative estimate of drug-likeness (QED) is 0.353. The number of carbonyl (C=O) groups excluding carboxylic acids is 1. The van der Waals surface area contributed by atoms with Gasteiger partial charge in [-0.2, -0.15) is 0 Å². The van der Waals surface area contributed by atoms with Crippen LogP contribution >= 0.6 is 23.2 Å². The van der Waals surface area contributed by atoms with Crippen molar-refractivity contribution in [2.24, 2.45) is 0 Å². The summed E-state index contributed by atoms with van der Waals surface area (Å²) in [5.41, 5.74) is 3.04. The van der Waals surface area contributed by atoms with Gasteiger partial charge < -0.3 is 5.32 Å². The number of amides is 1. The molecule has 1 amide bonds. The van der Waals surface area contributed by atoms with E-state index in [1.54, 1.807) is 48.8 Å². The van der Waals surface area contributed by atoms with Crippen molar-refractivity contribution in [3.8, 4) is 16.9 Å². The molecule has 0 radical (unpaired) electrons. The Bertz CT molecular complexity index is 1650. The van der Waals surface area contributed by atoms with Gasteiger partial charge in [-0.1, -0.05) is 35.3 Å². The van der Waals surface area contributed by atoms with E-state index in [0.29, 0.717) is 45.1 Å². The molecule has 36 heavy (non-hydrogen) atoms. The maximum absolute atomic E-state index is 13.1. The van der Waals surface area contributed by atoms with Gasteiger partial charge in [-0.15, -0.1) is 5.10 Å². The number of nitrogens with zero attached hydrogens (tertiary/aromatic N) is 7. The SMILES string of the molecule is CC[C@@H](C(=O)Nc1ccc2nccnc2c1)n1cnc(-c2cc(Cl)ccc2-n2cc(Cl)nn2)cc1=O. The number of rotatable bonds is 6. The fraction of sp³-hybridized carbons (Fsp3) is 0.125. The lowest BCUT2D eigenvalue weighted by atomic mass is 10.1. The standard InChI is InChI=1S/C24H18Cl2N8O2/c1-2-20(24(36)30-15-4-5-17-19(10-15)28-8-7-27-17)33-13-29-18(11-23(33)35)16-9-14(25)3-6-21(16)34-12-22(26)31-32-34/h3-13,20H,2H2,1H3,(H,30,36)/t20-/m0/s1. The first-order valence-electron chi connectivity index (χ1n) is 10.9. The average Bonchev–Trinajstić information content (AvgIpc) is 3.31. The van der Waals surface area contributed by atoms with Crippen LogP contribution in [0.25, 0.3) is 28.0 Å². The lowest BCUT2D eigenvalue weighted by Gasteiger charge is -2.18. The van der Waals surface area contributed by atoms with Gasteiger partial charge in [0.25, 0.3) is 5.56 Å². The second kappa shape index (κ2) is 9.84. The third-order valence-corrected chi connectivity index (χ3v) is 5.95. The van der Waals surface area contributed by atoms with Crippen LogP contribution in [0.1, 0.15) is 19.4 Å². The monoisotopic (exact) mass is 520 g/mol. The Morgan fingerprint density at radius 2 is 1.83 bits per heavy atom. The Kier molecular flexibility index (Phi) is 6.45. The van der Waals surface area contributed by atoms with E-state index in [2.05, 4.69) is 30.6 Å². The topological polar surface area (TPSA) is 120 Å². The summed E-state index contributed by atoms with van der Waals surface area (Å²) in [6, 6.07) is 10.9. The highest BCUT2D eigenvalue weighted by molar-refractivity contribution is 6.31. The zero-order chi connectivity index (χ0) is 25.2. The van der Waals surface area contributed by atoms with E-state index in [4.69, 9.17) is 23.2 Å². The van der Waals surface area contributed by atoms with Crippen LogP contribution in [-0.4, -0.2) is 40.4 Å². The molecule has 1 atom stereocenters. The Morgan fingerprint density at radius 3 is 2.56 bits per heavy atom. The molecule has 180 valence electrons. The van der Waals surface area contributed by atoms with Crippen LogP contribution < -0.4 is 10.9 Å². The number of benzene rings is 2. The number of fused-ring (bicyclic) bond motifs is 1. The number of hydrogen-bond donors (Lipinski definition) is 1. The number of halogens is 2. The molecule has 5 rings (SSSR count). The third kappa shape index (κ3) is 4.68. The van der Waals surface area contributed by atoms with Crippen LogP contribution in [0.3, 0.4) is 0 Å². The van der Waals surface area contributed by atoms with Crippen LogP contribution in [0.5, 0.6) is 0 Å². The van der Waals surface area contributed by atoms with Crippen LogP contribution in [0.2, 0.25) is 10.2 Å². The van der Waals surface area contributed by atoms with E-state index in [1.807, 2.05) is 6.92 Å². The molecular weight excluding hydrogens is 503 g/mol. The van der Waals surface area contributed by atoms with Gasteiger partial charge in [0.2, 0.25) is 5.91 Å². The zero-order valence-corrected chi connectivity index (χ0v) is 20.4. The van der Waals surface area contributed by atoms with E-state index in [-0.39, 0.29) is 11.1 Å². The predicted molar refractivity (Wildman–Crippen MR) is 136 cm³/mol. The molecule has 10 nitrogen and oxygen atoms in total. The molecule has 0 aliphatic rings. The summed E-state index contributed by atoms with van der Waals surface area (Å²) >= 11 is 12.1. The molecular formula is C24H18Cl2N8O2. The number of aromatic nitrogens is 7. The van der Waals surface area contributed by atoms with E-state index in [0.717, 1.165) is 0 Å². The zero-order valence-electron chi connectivity index (χ0n) is 18.8. The molecule has 0 unspecified atom stereocenters. The molecule has 5 aromatic rings. The van der Waals surface area contributed by atoms with Gasteiger partial charge in [-0.05, 0) is 42.8 Å². The molecule has 0 spiro atoms. The molecule has 12 heteroatoms. The summed E-state index contributed by atoms with van der Waals surface area (Å²) in [5, 5.41) is 11.3. The van der Waals surface area contributed by atoms with E-state index < -0.39 is 11.6 Å². The molecule has 0 aliphatic carbocycles. The van der Waals surface area contributed by atoms with Crippen molar-refractivity contribution in [1.29, 1.82) is 0 Å². The number of nitrogens with one attached hydrogen (secondary N) is 1. The Labute approximate surface area is 214 Å². The lowest BCUT2D eigenvalue weighted by molar-refractivity contribution is -0.119. The van der Waals surface area contributed by atoms with E-state index in [1.165, 1.54) is 27.8 Å². The van der Waals surface area contributed by atoms with Crippen molar-refractivity contribution in [2.45, 2.75) is 19.4 Å². The maximum atomic E-state index is 13.1. The fourth-order valence-corrected chi connectivity index (χ4v) is 4.14. The first-order valence-corrected chi connectivity index (χ1v) is 11.7. The smallest absolute Gasteiger partial charge is 0.254 e. The first kappa shape index (κ1) is 23.6. The molecule has 1 N–H and O–H groups in total. The summed E-state index contributed by atoms with van der Waals surface area (Å²) in [5.74, 6) is -0.349. The Balaban J connectivity index is 1.45. The van der Waals surface area contributed by atoms with Crippen molar-refractivity contribution in [3.05, 3.63) is 87.9 Å². The van der Waals surface area contributed by atoms with E-state index >= 15 is 0 Å². The van der Waals surface area contributed by atoms with Crippen molar-refractivity contribution >= 4 is 45.8 Å². The second-order valence-corrected chi connectivity index (χ2v) is 8.66. The molecule has 0 bridgehead atoms. The minimum absolute atomic E-state index is 0.217. The highest BCUT2D eigenvalue weighted by Crippen LogP contribution is 2.28. The predicted octanol–water partition coefficient (Wildman–Crippen LogP) is 4.33. The first-order chi connectivity index (χ1) is 17.4. The molecule has 3 heterocycles. The van der Waals surface area contributed by atoms with Gasteiger partial charge in [0.15, 0.2) is 5.15 Å². The van der Waals surface area contributed by atoms with Crippen molar-refractivity contribution in [3.63, 3.8) is 0 Å². The van der Waals surface area contributed by atoms with Gasteiger partial charge in [0.1, 0.15) is 6.04 Å². The van der Waals surface area contributed by atoms with Gasteiger partial charge in [0.05, 0.1) is 34.9 Å². The highest BCUT2D eigenvalue weighted by Gasteiger charge is 2.21. The number of anilines is 1. The molecule has 3 aromatic heterocycles. The summed E-state index contributed by atoms with van der Waals surface area (Å²) in [6.07, 6.45) is 6.45. The molecule has 0 aliphatic heterocycles. The Hall–Kier alpha value is -4.15. The molecule has 0 saturated carbocycles. The molecule has 0 saturated heterocycles. The van der Waals surface area contributed by atoms with Gasteiger partial charge in [-0.25, -0.2) is 9.67 Å². The normalized spacial score (nSPS) is 12.0. The van der Waals surface area contributed by atoms with Crippen molar-refractivity contribution < 1.29 is 4.79 Å². The average molecular weight is 521 g/mol. The molecule has 2 aromatic carbocycles. The number of carbonyl (C=O) groups is 1. The highest BCUT2D eigenvalue weighted by atomic mass is 35.5. The summed E-state index contributed by atoms with van der Waals surface area (Å²) in [6.45, 7) is 1.82. The van der Waals surface area contributed by atoms with Crippen molar-refractivity contribution in [2.75, 3.05) is 5.32 Å². The van der Waals surface area contributed by atoms with Gasteiger partial charge in [-0.3, -0.25) is 24.1 Å². The summed E-state index contributed by atoms with van der Waals surface area (Å²) in [7, 11) is 0. The van der Waals surface area contributed by atoms with Gasteiger partial charge >= 0.3 is 0 Å². The van der Waals surface area contributed by atoms with Crippen molar-refractivity contribution in [1.82, 2.24) is 34.5 Å². The summed E-state index contributed by atoms with van der Waals surface area (Å²) < 4.78 is 2.77. The minimum atomic E-state index is -0.774. The van der Waals surface area contributed by atoms with Crippen LogP contribution in [0, 0.1) is 0 Å². The van der Waals surface area contributed by atoms with Crippen LogP contribution in [0.15, 0.2) is 72.2 Å². The third-order valence-electron chi connectivity index (χ3n) is 5.54. The summed E-state index contributed by atoms with van der Waals surface area (Å²) in [4.78, 5) is 39.1.